The van der Waals surface area contributed by atoms with Crippen molar-refractivity contribution >= 4 is 0 Å². The van der Waals surface area contributed by atoms with Gasteiger partial charge < -0.3 is 10.2 Å². The van der Waals surface area contributed by atoms with Gasteiger partial charge in [0.1, 0.15) is 0 Å². The predicted octanol–water partition coefficient (Wildman–Crippen LogP) is 4.30. The Labute approximate surface area is 127 Å². The van der Waals surface area contributed by atoms with Gasteiger partial charge in [0.25, 0.3) is 0 Å². The minimum absolute atomic E-state index is 0.719. The molecule has 0 heterocycles. The smallest absolute Gasteiger partial charge is 0.0249 e. The van der Waals surface area contributed by atoms with Crippen molar-refractivity contribution in [1.29, 1.82) is 0 Å². The summed E-state index contributed by atoms with van der Waals surface area (Å²) in [5, 5.41) is 3.81. The summed E-state index contributed by atoms with van der Waals surface area (Å²) >= 11 is 0. The first-order valence-electron chi connectivity index (χ1n) is 9.03. The van der Waals surface area contributed by atoms with E-state index in [0.29, 0.717) is 0 Å². The zero-order valence-electron chi connectivity index (χ0n) is 14.6. The fourth-order valence-corrected chi connectivity index (χ4v) is 3.62. The highest BCUT2D eigenvalue weighted by Crippen LogP contribution is 2.32. The van der Waals surface area contributed by atoms with E-state index >= 15 is 0 Å². The van der Waals surface area contributed by atoms with Crippen LogP contribution < -0.4 is 5.32 Å². The summed E-state index contributed by atoms with van der Waals surface area (Å²) in [7, 11) is 2.35. The van der Waals surface area contributed by atoms with Crippen LogP contribution in [0.3, 0.4) is 0 Å². The third-order valence-corrected chi connectivity index (χ3v) is 5.14. The average molecular weight is 283 g/mol. The predicted molar refractivity (Wildman–Crippen MR) is 90.2 cm³/mol. The van der Waals surface area contributed by atoms with Crippen molar-refractivity contribution in [1.82, 2.24) is 10.2 Å². The molecule has 0 aromatic heterocycles. The second-order valence-electron chi connectivity index (χ2n) is 7.13. The van der Waals surface area contributed by atoms with Gasteiger partial charge in [0.05, 0.1) is 0 Å². The number of nitrogens with zero attached hydrogens (tertiary/aromatic N) is 1. The third kappa shape index (κ3) is 5.73. The number of unbranched alkanes of at least 4 members (excludes halogenated alkanes) is 2. The van der Waals surface area contributed by atoms with Crippen LogP contribution in [0, 0.1) is 11.8 Å². The molecule has 0 aromatic rings. The molecular formula is C18H38N2. The minimum Gasteiger partial charge on any atom is -0.312 e. The molecule has 0 aliphatic heterocycles. The molecule has 0 saturated heterocycles. The first-order valence-corrected chi connectivity index (χ1v) is 9.03. The lowest BCUT2D eigenvalue weighted by Crippen LogP contribution is -2.53. The van der Waals surface area contributed by atoms with Crippen LogP contribution in [0.15, 0.2) is 0 Å². The number of hydrogen-bond acceptors (Lipinski definition) is 2. The molecular weight excluding hydrogens is 244 g/mol. The molecule has 2 heteroatoms. The van der Waals surface area contributed by atoms with Crippen molar-refractivity contribution in [2.75, 3.05) is 20.1 Å². The van der Waals surface area contributed by atoms with E-state index < -0.39 is 0 Å². The molecule has 1 aliphatic carbocycles. The Morgan fingerprint density at radius 2 is 1.85 bits per heavy atom. The van der Waals surface area contributed by atoms with E-state index in [0.717, 1.165) is 23.9 Å². The third-order valence-electron chi connectivity index (χ3n) is 5.14. The zero-order chi connectivity index (χ0) is 15.0. The van der Waals surface area contributed by atoms with Gasteiger partial charge in [-0.15, -0.1) is 0 Å². The molecule has 0 spiro atoms. The van der Waals surface area contributed by atoms with Crippen molar-refractivity contribution in [3.05, 3.63) is 0 Å². The highest BCUT2D eigenvalue weighted by atomic mass is 15.2. The van der Waals surface area contributed by atoms with Gasteiger partial charge in [-0.25, -0.2) is 0 Å². The quantitative estimate of drug-likeness (QED) is 0.634. The summed E-state index contributed by atoms with van der Waals surface area (Å²) in [6.07, 6.45) is 9.47. The highest BCUT2D eigenvalue weighted by molar-refractivity contribution is 4.91. The molecule has 120 valence electrons. The topological polar surface area (TPSA) is 15.3 Å². The summed E-state index contributed by atoms with van der Waals surface area (Å²) in [5.41, 5.74) is 0. The molecule has 0 bridgehead atoms. The summed E-state index contributed by atoms with van der Waals surface area (Å²) in [5.74, 6) is 1.77. The largest absolute Gasteiger partial charge is 0.312 e. The van der Waals surface area contributed by atoms with E-state index in [9.17, 15) is 0 Å². The van der Waals surface area contributed by atoms with E-state index in [-0.39, 0.29) is 0 Å². The van der Waals surface area contributed by atoms with E-state index in [4.69, 9.17) is 0 Å². The molecule has 1 aliphatic rings. The Morgan fingerprint density at radius 3 is 2.45 bits per heavy atom. The summed E-state index contributed by atoms with van der Waals surface area (Å²) in [4.78, 5) is 2.65. The Bertz CT molecular complexity index is 240. The minimum atomic E-state index is 0.719. The molecule has 3 atom stereocenters. The van der Waals surface area contributed by atoms with Crippen molar-refractivity contribution in [2.24, 2.45) is 11.8 Å². The fraction of sp³-hybridized carbons (Fsp3) is 1.00. The van der Waals surface area contributed by atoms with Crippen molar-refractivity contribution in [2.45, 2.75) is 84.7 Å². The fourth-order valence-electron chi connectivity index (χ4n) is 3.62. The van der Waals surface area contributed by atoms with Gasteiger partial charge in [0.2, 0.25) is 0 Å². The van der Waals surface area contributed by atoms with Crippen LogP contribution in [0.1, 0.15) is 72.6 Å². The van der Waals surface area contributed by atoms with E-state index in [2.05, 4.69) is 45.0 Å². The van der Waals surface area contributed by atoms with Crippen LogP contribution in [-0.2, 0) is 0 Å². The molecule has 20 heavy (non-hydrogen) atoms. The maximum atomic E-state index is 3.81. The Kier molecular flexibility index (Phi) is 8.79. The van der Waals surface area contributed by atoms with Gasteiger partial charge in [-0.1, -0.05) is 40.5 Å². The molecule has 0 radical (unpaired) electrons. The van der Waals surface area contributed by atoms with Crippen LogP contribution in [0.4, 0.5) is 0 Å². The van der Waals surface area contributed by atoms with Gasteiger partial charge in [-0.2, -0.15) is 0 Å². The molecule has 0 amide bonds. The monoisotopic (exact) mass is 282 g/mol. The Hall–Kier alpha value is -0.0800. The normalized spacial score (nSPS) is 27.4. The summed E-state index contributed by atoms with van der Waals surface area (Å²) in [6.45, 7) is 11.8. The number of nitrogens with one attached hydrogen (secondary N) is 1. The lowest BCUT2D eigenvalue weighted by Gasteiger charge is -2.43. The van der Waals surface area contributed by atoms with Gasteiger partial charge in [0, 0.05) is 12.1 Å². The van der Waals surface area contributed by atoms with Gasteiger partial charge in [0.15, 0.2) is 0 Å². The molecule has 1 saturated carbocycles. The number of hydrogen-bond donors (Lipinski definition) is 1. The Morgan fingerprint density at radius 1 is 1.10 bits per heavy atom. The first kappa shape index (κ1) is 18.0. The van der Waals surface area contributed by atoms with Crippen LogP contribution in [0.5, 0.6) is 0 Å². The number of rotatable bonds is 9. The molecule has 1 fully saturated rings. The molecule has 3 unspecified atom stereocenters. The van der Waals surface area contributed by atoms with Crippen LogP contribution in [0.2, 0.25) is 0 Å². The second kappa shape index (κ2) is 9.78. The van der Waals surface area contributed by atoms with E-state index in [1.54, 1.807) is 0 Å². The average Bonchev–Trinajstić information content (AvgIpc) is 2.44. The lowest BCUT2D eigenvalue weighted by atomic mass is 9.76. The molecule has 1 N–H and O–H groups in total. The first-order chi connectivity index (χ1) is 9.60. The van der Waals surface area contributed by atoms with Crippen LogP contribution in [-0.4, -0.2) is 37.1 Å². The maximum absolute atomic E-state index is 3.81. The summed E-state index contributed by atoms with van der Waals surface area (Å²) < 4.78 is 0. The molecule has 1 rings (SSSR count). The van der Waals surface area contributed by atoms with Crippen LogP contribution in [0.25, 0.3) is 0 Å². The van der Waals surface area contributed by atoms with Crippen molar-refractivity contribution in [3.63, 3.8) is 0 Å². The second-order valence-corrected chi connectivity index (χ2v) is 7.13. The van der Waals surface area contributed by atoms with Gasteiger partial charge >= 0.3 is 0 Å². The molecule has 0 aromatic carbocycles. The van der Waals surface area contributed by atoms with E-state index in [1.165, 1.54) is 58.0 Å². The van der Waals surface area contributed by atoms with Crippen LogP contribution >= 0.6 is 0 Å². The zero-order valence-corrected chi connectivity index (χ0v) is 14.6. The van der Waals surface area contributed by atoms with Crippen molar-refractivity contribution in [3.8, 4) is 0 Å². The SMILES string of the molecule is CCCCCN(C)C1CC(C(C)C)CCC1NCCC. The van der Waals surface area contributed by atoms with Gasteiger partial charge in [-0.3, -0.25) is 0 Å². The Balaban J connectivity index is 2.55. The molecule has 2 nitrogen and oxygen atoms in total. The lowest BCUT2D eigenvalue weighted by molar-refractivity contribution is 0.101. The van der Waals surface area contributed by atoms with Crippen molar-refractivity contribution < 1.29 is 0 Å². The summed E-state index contributed by atoms with van der Waals surface area (Å²) in [6, 6.07) is 1.47. The number of likely N-dealkylation sites (N-methyl/N-ethyl adjacent to an activating group) is 1. The van der Waals surface area contributed by atoms with Gasteiger partial charge in [-0.05, 0) is 64.1 Å². The maximum Gasteiger partial charge on any atom is 0.0249 e. The van der Waals surface area contributed by atoms with E-state index in [1.807, 2.05) is 0 Å². The highest BCUT2D eigenvalue weighted by Gasteiger charge is 2.33. The standard InChI is InChI=1S/C18H38N2/c1-6-8-9-13-20(5)18-14-16(15(3)4)10-11-17(18)19-12-7-2/h15-19H,6-14H2,1-5H3.